The summed E-state index contributed by atoms with van der Waals surface area (Å²) in [6.07, 6.45) is 12.1. The number of unbranched alkanes of at least 4 members (excludes halogenated alkanes) is 1. The Labute approximate surface area is 124 Å². The van der Waals surface area contributed by atoms with Gasteiger partial charge in [-0.2, -0.15) is 0 Å². The zero-order chi connectivity index (χ0) is 14.0. The first-order valence-corrected chi connectivity index (χ1v) is 8.61. The number of nitrogens with two attached hydrogens (primary N) is 1. The lowest BCUT2D eigenvalue weighted by molar-refractivity contribution is 0.330. The summed E-state index contributed by atoms with van der Waals surface area (Å²) in [6, 6.07) is 0. The summed E-state index contributed by atoms with van der Waals surface area (Å²) in [7, 11) is 0. The van der Waals surface area contributed by atoms with E-state index in [9.17, 15) is 0 Å². The lowest BCUT2D eigenvalue weighted by Gasteiger charge is -2.19. The molecule has 0 aromatic carbocycles. The molecule has 4 nitrogen and oxygen atoms in total. The zero-order valence-corrected chi connectivity index (χ0v) is 12.9. The Bertz CT molecular complexity index is 278. The molecular weight excluding hydrogens is 248 g/mol. The van der Waals surface area contributed by atoms with Crippen molar-refractivity contribution in [2.24, 2.45) is 16.6 Å². The van der Waals surface area contributed by atoms with Gasteiger partial charge in [0.2, 0.25) is 0 Å². The maximum atomic E-state index is 5.92. The van der Waals surface area contributed by atoms with Crippen LogP contribution in [0.5, 0.6) is 0 Å². The highest BCUT2D eigenvalue weighted by molar-refractivity contribution is 5.77. The molecule has 116 valence electrons. The van der Waals surface area contributed by atoms with Crippen molar-refractivity contribution in [1.82, 2.24) is 10.2 Å². The summed E-state index contributed by atoms with van der Waals surface area (Å²) >= 11 is 0. The molecule has 0 amide bonds. The Kier molecular flexibility index (Phi) is 7.20. The molecule has 0 aromatic heterocycles. The van der Waals surface area contributed by atoms with Gasteiger partial charge in [0.1, 0.15) is 0 Å². The van der Waals surface area contributed by atoms with Crippen molar-refractivity contribution in [2.45, 2.75) is 57.8 Å². The van der Waals surface area contributed by atoms with E-state index in [1.165, 1.54) is 77.4 Å². The van der Waals surface area contributed by atoms with E-state index in [4.69, 9.17) is 5.73 Å². The van der Waals surface area contributed by atoms with Crippen LogP contribution in [-0.4, -0.2) is 43.6 Å². The lowest BCUT2D eigenvalue weighted by atomic mass is 9.89. The van der Waals surface area contributed by atoms with Gasteiger partial charge in [-0.1, -0.05) is 19.3 Å². The van der Waals surface area contributed by atoms with Crippen LogP contribution in [0.3, 0.4) is 0 Å². The normalized spacial score (nSPS) is 22.3. The number of hydrogen-bond acceptors (Lipinski definition) is 2. The van der Waals surface area contributed by atoms with Crippen molar-refractivity contribution in [2.75, 3.05) is 32.7 Å². The van der Waals surface area contributed by atoms with Crippen LogP contribution in [-0.2, 0) is 0 Å². The van der Waals surface area contributed by atoms with Crippen molar-refractivity contribution >= 4 is 5.96 Å². The van der Waals surface area contributed by atoms with Gasteiger partial charge >= 0.3 is 0 Å². The summed E-state index contributed by atoms with van der Waals surface area (Å²) in [5.41, 5.74) is 5.92. The number of likely N-dealkylation sites (tertiary alicyclic amines) is 1. The third kappa shape index (κ3) is 6.12. The average Bonchev–Trinajstić information content (AvgIpc) is 2.99. The van der Waals surface area contributed by atoms with Gasteiger partial charge in [0.25, 0.3) is 0 Å². The van der Waals surface area contributed by atoms with Gasteiger partial charge in [0, 0.05) is 13.1 Å². The fourth-order valence-electron chi connectivity index (χ4n) is 3.34. The van der Waals surface area contributed by atoms with Gasteiger partial charge in [-0.3, -0.25) is 4.99 Å². The van der Waals surface area contributed by atoms with Crippen LogP contribution in [0.2, 0.25) is 0 Å². The van der Waals surface area contributed by atoms with Gasteiger partial charge in [0.15, 0.2) is 5.96 Å². The molecule has 0 unspecified atom stereocenters. The molecule has 2 rings (SSSR count). The van der Waals surface area contributed by atoms with Gasteiger partial charge in [-0.15, -0.1) is 0 Å². The monoisotopic (exact) mass is 280 g/mol. The number of guanidine groups is 1. The van der Waals surface area contributed by atoms with Crippen LogP contribution >= 0.6 is 0 Å². The molecule has 0 bridgehead atoms. The molecule has 1 heterocycles. The van der Waals surface area contributed by atoms with E-state index in [1.807, 2.05) is 0 Å². The molecule has 4 heteroatoms. The second-order valence-corrected chi connectivity index (χ2v) is 6.41. The SMILES string of the molecule is NC(=NCC1CCCCC1)NCCCCN1CCCC1. The Balaban J connectivity index is 1.47. The fraction of sp³-hybridized carbons (Fsp3) is 0.938. The Morgan fingerprint density at radius 2 is 1.80 bits per heavy atom. The smallest absolute Gasteiger partial charge is 0.188 e. The molecule has 1 aliphatic carbocycles. The van der Waals surface area contributed by atoms with Gasteiger partial charge in [-0.05, 0) is 64.1 Å². The summed E-state index contributed by atoms with van der Waals surface area (Å²) in [5, 5.41) is 3.26. The maximum absolute atomic E-state index is 5.92. The highest BCUT2D eigenvalue weighted by Gasteiger charge is 2.12. The maximum Gasteiger partial charge on any atom is 0.188 e. The van der Waals surface area contributed by atoms with E-state index < -0.39 is 0 Å². The number of rotatable bonds is 7. The predicted octanol–water partition coefficient (Wildman–Crippen LogP) is 2.35. The number of hydrogen-bond donors (Lipinski definition) is 2. The van der Waals surface area contributed by atoms with E-state index in [0.717, 1.165) is 19.0 Å². The fourth-order valence-corrected chi connectivity index (χ4v) is 3.34. The van der Waals surface area contributed by atoms with Crippen molar-refractivity contribution in [3.63, 3.8) is 0 Å². The molecule has 0 spiro atoms. The molecule has 0 atom stereocenters. The van der Waals surface area contributed by atoms with Gasteiger partial charge in [0.05, 0.1) is 0 Å². The predicted molar refractivity (Wildman–Crippen MR) is 86.0 cm³/mol. The van der Waals surface area contributed by atoms with Crippen molar-refractivity contribution in [1.29, 1.82) is 0 Å². The van der Waals surface area contributed by atoms with Crippen LogP contribution in [0.1, 0.15) is 57.8 Å². The standard InChI is InChI=1S/C16H32N4/c17-16(19-14-15-8-2-1-3-9-15)18-10-4-5-11-20-12-6-7-13-20/h15H,1-14H2,(H3,17,18,19). The van der Waals surface area contributed by atoms with Crippen molar-refractivity contribution in [3.8, 4) is 0 Å². The van der Waals surface area contributed by atoms with Crippen LogP contribution in [0, 0.1) is 5.92 Å². The van der Waals surface area contributed by atoms with E-state index in [0.29, 0.717) is 5.96 Å². The second-order valence-electron chi connectivity index (χ2n) is 6.41. The molecule has 1 saturated carbocycles. The largest absolute Gasteiger partial charge is 0.370 e. The highest BCUT2D eigenvalue weighted by Crippen LogP contribution is 2.23. The van der Waals surface area contributed by atoms with E-state index in [2.05, 4.69) is 15.2 Å². The molecule has 2 aliphatic rings. The summed E-state index contributed by atoms with van der Waals surface area (Å²) in [6.45, 7) is 5.75. The minimum atomic E-state index is 0.650. The number of nitrogens with zero attached hydrogens (tertiary/aromatic N) is 2. The lowest BCUT2D eigenvalue weighted by Crippen LogP contribution is -2.33. The summed E-state index contributed by atoms with van der Waals surface area (Å²) < 4.78 is 0. The first kappa shape index (κ1) is 15.6. The van der Waals surface area contributed by atoms with Crippen LogP contribution in [0.15, 0.2) is 4.99 Å². The van der Waals surface area contributed by atoms with Crippen LogP contribution in [0.25, 0.3) is 0 Å². The summed E-state index contributed by atoms with van der Waals surface area (Å²) in [5.74, 6) is 1.43. The van der Waals surface area contributed by atoms with Crippen LogP contribution in [0.4, 0.5) is 0 Å². The number of nitrogens with one attached hydrogen (secondary N) is 1. The highest BCUT2D eigenvalue weighted by atomic mass is 15.1. The van der Waals surface area contributed by atoms with Gasteiger partial charge < -0.3 is 16.0 Å². The molecule has 2 fully saturated rings. The molecule has 1 saturated heterocycles. The molecule has 1 aliphatic heterocycles. The minimum absolute atomic E-state index is 0.650. The third-order valence-corrected chi connectivity index (χ3v) is 4.65. The summed E-state index contributed by atoms with van der Waals surface area (Å²) in [4.78, 5) is 7.07. The van der Waals surface area contributed by atoms with Gasteiger partial charge in [-0.25, -0.2) is 0 Å². The van der Waals surface area contributed by atoms with Crippen LogP contribution < -0.4 is 11.1 Å². The molecule has 3 N–H and O–H groups in total. The van der Waals surface area contributed by atoms with E-state index in [-0.39, 0.29) is 0 Å². The van der Waals surface area contributed by atoms with E-state index >= 15 is 0 Å². The third-order valence-electron chi connectivity index (χ3n) is 4.65. The first-order chi connectivity index (χ1) is 9.84. The number of aliphatic imine (C=N–C) groups is 1. The quantitative estimate of drug-likeness (QED) is 0.427. The van der Waals surface area contributed by atoms with Crippen molar-refractivity contribution < 1.29 is 0 Å². The molecule has 0 radical (unpaired) electrons. The Hall–Kier alpha value is -0.770. The average molecular weight is 280 g/mol. The topological polar surface area (TPSA) is 53.6 Å². The van der Waals surface area contributed by atoms with Crippen molar-refractivity contribution in [3.05, 3.63) is 0 Å². The minimum Gasteiger partial charge on any atom is -0.370 e. The zero-order valence-electron chi connectivity index (χ0n) is 12.9. The first-order valence-electron chi connectivity index (χ1n) is 8.61. The Morgan fingerprint density at radius 1 is 1.05 bits per heavy atom. The molecular formula is C16H32N4. The second kappa shape index (κ2) is 9.22. The molecule has 0 aromatic rings. The Morgan fingerprint density at radius 3 is 2.55 bits per heavy atom. The molecule has 20 heavy (non-hydrogen) atoms. The van der Waals surface area contributed by atoms with E-state index in [1.54, 1.807) is 0 Å².